The standard InChI is InChI=1S/C14H15ClF2N2O3/c15-9-4-10(16)12(11(17)5-9)18-13(21)14(22)19-3-1-2-8(6-19)7-20/h4-5,8,20H,1-3,6-7H2,(H,18,21). The van der Waals surface area contributed by atoms with Crippen LogP contribution in [-0.4, -0.2) is 41.5 Å². The first-order valence-corrected chi connectivity index (χ1v) is 7.15. The number of nitrogens with one attached hydrogen (secondary N) is 1. The summed E-state index contributed by atoms with van der Waals surface area (Å²) in [7, 11) is 0. The van der Waals surface area contributed by atoms with E-state index in [4.69, 9.17) is 16.7 Å². The summed E-state index contributed by atoms with van der Waals surface area (Å²) in [5, 5.41) is 10.9. The van der Waals surface area contributed by atoms with Crippen molar-refractivity contribution in [3.63, 3.8) is 0 Å². The van der Waals surface area contributed by atoms with Gasteiger partial charge in [-0.05, 0) is 30.9 Å². The van der Waals surface area contributed by atoms with Crippen LogP contribution in [0.3, 0.4) is 0 Å². The number of amides is 2. The van der Waals surface area contributed by atoms with Gasteiger partial charge in [0.15, 0.2) is 11.6 Å². The quantitative estimate of drug-likeness (QED) is 0.811. The number of anilines is 1. The van der Waals surface area contributed by atoms with Gasteiger partial charge in [0.2, 0.25) is 0 Å². The molecule has 1 aromatic carbocycles. The lowest BCUT2D eigenvalue weighted by Gasteiger charge is -2.31. The van der Waals surface area contributed by atoms with Crippen molar-refractivity contribution in [1.29, 1.82) is 0 Å². The number of rotatable bonds is 2. The zero-order chi connectivity index (χ0) is 16.3. The van der Waals surface area contributed by atoms with Crippen molar-refractivity contribution in [2.24, 2.45) is 5.92 Å². The van der Waals surface area contributed by atoms with Crippen molar-refractivity contribution in [3.8, 4) is 0 Å². The van der Waals surface area contributed by atoms with Crippen LogP contribution in [0, 0.1) is 17.6 Å². The first-order valence-electron chi connectivity index (χ1n) is 6.78. The highest BCUT2D eigenvalue weighted by atomic mass is 35.5. The predicted octanol–water partition coefficient (Wildman–Crippen LogP) is 1.79. The maximum absolute atomic E-state index is 13.6. The monoisotopic (exact) mass is 332 g/mol. The Morgan fingerprint density at radius 1 is 1.36 bits per heavy atom. The molecule has 1 saturated heterocycles. The number of hydrogen-bond donors (Lipinski definition) is 2. The zero-order valence-corrected chi connectivity index (χ0v) is 12.4. The van der Waals surface area contributed by atoms with E-state index in [2.05, 4.69) is 0 Å². The molecule has 1 aliphatic heterocycles. The Hall–Kier alpha value is -1.73. The van der Waals surface area contributed by atoms with Gasteiger partial charge in [0.1, 0.15) is 5.69 Å². The number of benzene rings is 1. The van der Waals surface area contributed by atoms with Crippen LogP contribution in [0.4, 0.5) is 14.5 Å². The van der Waals surface area contributed by atoms with Gasteiger partial charge in [-0.2, -0.15) is 0 Å². The smallest absolute Gasteiger partial charge is 0.314 e. The number of aliphatic hydroxyl groups excluding tert-OH is 1. The van der Waals surface area contributed by atoms with Crippen molar-refractivity contribution >= 4 is 29.1 Å². The SMILES string of the molecule is O=C(Nc1c(F)cc(Cl)cc1F)C(=O)N1CCCC(CO)C1. The molecule has 2 N–H and O–H groups in total. The fourth-order valence-corrected chi connectivity index (χ4v) is 2.56. The molecule has 1 aliphatic rings. The van der Waals surface area contributed by atoms with Crippen LogP contribution in [0.5, 0.6) is 0 Å². The minimum Gasteiger partial charge on any atom is -0.396 e. The van der Waals surface area contributed by atoms with Gasteiger partial charge in [0.25, 0.3) is 0 Å². The van der Waals surface area contributed by atoms with Crippen LogP contribution >= 0.6 is 11.6 Å². The summed E-state index contributed by atoms with van der Waals surface area (Å²) in [6, 6.07) is 1.68. The molecule has 22 heavy (non-hydrogen) atoms. The number of carbonyl (C=O) groups excluding carboxylic acids is 2. The minimum atomic E-state index is -1.13. The van der Waals surface area contributed by atoms with Gasteiger partial charge in [-0.15, -0.1) is 0 Å². The van der Waals surface area contributed by atoms with Crippen molar-refractivity contribution in [1.82, 2.24) is 4.90 Å². The molecule has 120 valence electrons. The van der Waals surface area contributed by atoms with Gasteiger partial charge in [-0.3, -0.25) is 9.59 Å². The summed E-state index contributed by atoms with van der Waals surface area (Å²) < 4.78 is 27.2. The Bertz CT molecular complexity index is 574. The fraction of sp³-hybridized carbons (Fsp3) is 0.429. The zero-order valence-electron chi connectivity index (χ0n) is 11.6. The van der Waals surface area contributed by atoms with E-state index in [0.29, 0.717) is 13.0 Å². The molecular formula is C14H15ClF2N2O3. The first kappa shape index (κ1) is 16.6. The molecular weight excluding hydrogens is 318 g/mol. The van der Waals surface area contributed by atoms with Crippen molar-refractivity contribution in [2.45, 2.75) is 12.8 Å². The van der Waals surface area contributed by atoms with E-state index < -0.39 is 29.1 Å². The molecule has 0 radical (unpaired) electrons. The molecule has 1 atom stereocenters. The highest BCUT2D eigenvalue weighted by Crippen LogP contribution is 2.23. The Labute approximate surface area is 130 Å². The normalized spacial score (nSPS) is 18.2. The van der Waals surface area contributed by atoms with E-state index in [-0.39, 0.29) is 24.1 Å². The second kappa shape index (κ2) is 7.02. The molecule has 0 bridgehead atoms. The molecule has 5 nitrogen and oxygen atoms in total. The van der Waals surface area contributed by atoms with Crippen LogP contribution < -0.4 is 5.32 Å². The molecule has 2 rings (SSSR count). The van der Waals surface area contributed by atoms with Gasteiger partial charge in [0, 0.05) is 24.7 Å². The Kier molecular flexibility index (Phi) is 5.31. The number of aliphatic hydroxyl groups is 1. The predicted molar refractivity (Wildman–Crippen MR) is 76.4 cm³/mol. The van der Waals surface area contributed by atoms with E-state index in [1.807, 2.05) is 5.32 Å². The highest BCUT2D eigenvalue weighted by Gasteiger charge is 2.28. The third kappa shape index (κ3) is 3.72. The van der Waals surface area contributed by atoms with Gasteiger partial charge < -0.3 is 15.3 Å². The lowest BCUT2D eigenvalue weighted by Crippen LogP contribution is -2.46. The number of hydrogen-bond acceptors (Lipinski definition) is 3. The average molecular weight is 333 g/mol. The van der Waals surface area contributed by atoms with Crippen molar-refractivity contribution < 1.29 is 23.5 Å². The van der Waals surface area contributed by atoms with Gasteiger partial charge >= 0.3 is 11.8 Å². The molecule has 0 aromatic heterocycles. The maximum atomic E-state index is 13.6. The number of halogens is 3. The summed E-state index contributed by atoms with van der Waals surface area (Å²) in [6.45, 7) is 0.536. The fourth-order valence-electron chi connectivity index (χ4n) is 2.37. The van der Waals surface area contributed by atoms with Gasteiger partial charge in [-0.1, -0.05) is 11.6 Å². The van der Waals surface area contributed by atoms with Crippen LogP contribution in [-0.2, 0) is 9.59 Å². The van der Waals surface area contributed by atoms with Crippen LogP contribution in [0.15, 0.2) is 12.1 Å². The summed E-state index contributed by atoms with van der Waals surface area (Å²) in [5.41, 5.74) is -0.710. The Morgan fingerprint density at radius 3 is 2.59 bits per heavy atom. The van der Waals surface area contributed by atoms with E-state index in [1.54, 1.807) is 0 Å². The second-order valence-electron chi connectivity index (χ2n) is 5.14. The van der Waals surface area contributed by atoms with Crippen LogP contribution in [0.1, 0.15) is 12.8 Å². The minimum absolute atomic E-state index is 0.0775. The topological polar surface area (TPSA) is 69.6 Å². The molecule has 8 heteroatoms. The lowest BCUT2D eigenvalue weighted by atomic mass is 9.99. The summed E-state index contributed by atoms with van der Waals surface area (Å²) in [4.78, 5) is 25.1. The molecule has 1 fully saturated rings. The van der Waals surface area contributed by atoms with E-state index in [9.17, 15) is 18.4 Å². The van der Waals surface area contributed by atoms with Crippen LogP contribution in [0.25, 0.3) is 0 Å². The molecule has 1 unspecified atom stereocenters. The van der Waals surface area contributed by atoms with E-state index in [0.717, 1.165) is 18.6 Å². The summed E-state index contributed by atoms with van der Waals surface area (Å²) in [6.07, 6.45) is 1.43. The maximum Gasteiger partial charge on any atom is 0.314 e. The van der Waals surface area contributed by atoms with Crippen LogP contribution in [0.2, 0.25) is 5.02 Å². The van der Waals surface area contributed by atoms with E-state index in [1.165, 1.54) is 4.90 Å². The second-order valence-corrected chi connectivity index (χ2v) is 5.58. The summed E-state index contributed by atoms with van der Waals surface area (Å²) >= 11 is 5.48. The Morgan fingerprint density at radius 2 is 2.00 bits per heavy atom. The average Bonchev–Trinajstić information content (AvgIpc) is 2.49. The first-order chi connectivity index (χ1) is 10.4. The summed E-state index contributed by atoms with van der Waals surface area (Å²) in [5.74, 6) is -4.21. The number of likely N-dealkylation sites (tertiary alicyclic amines) is 1. The number of nitrogens with zero attached hydrogens (tertiary/aromatic N) is 1. The van der Waals surface area contributed by atoms with E-state index >= 15 is 0 Å². The molecule has 1 heterocycles. The third-order valence-corrected chi connectivity index (χ3v) is 3.72. The van der Waals surface area contributed by atoms with Gasteiger partial charge in [0.05, 0.1) is 0 Å². The van der Waals surface area contributed by atoms with Crippen molar-refractivity contribution in [3.05, 3.63) is 28.8 Å². The van der Waals surface area contributed by atoms with Gasteiger partial charge in [-0.25, -0.2) is 8.78 Å². The number of carbonyl (C=O) groups is 2. The lowest BCUT2D eigenvalue weighted by molar-refractivity contribution is -0.144. The molecule has 1 aromatic rings. The highest BCUT2D eigenvalue weighted by molar-refractivity contribution is 6.39. The molecule has 0 aliphatic carbocycles. The van der Waals surface area contributed by atoms with Crippen molar-refractivity contribution in [2.75, 3.05) is 25.0 Å². The number of piperidine rings is 1. The Balaban J connectivity index is 2.07. The molecule has 2 amide bonds. The molecule has 0 spiro atoms. The molecule has 0 saturated carbocycles. The largest absolute Gasteiger partial charge is 0.396 e. The third-order valence-electron chi connectivity index (χ3n) is 3.50.